The van der Waals surface area contributed by atoms with E-state index in [1.165, 1.54) is 0 Å². The second-order valence-corrected chi connectivity index (χ2v) is 8.43. The third kappa shape index (κ3) is 2.86. The van der Waals surface area contributed by atoms with Crippen molar-refractivity contribution in [2.45, 2.75) is 18.7 Å². The number of hydrazone groups is 1. The van der Waals surface area contributed by atoms with Gasteiger partial charge in [0, 0.05) is 27.6 Å². The molecule has 2 aliphatic heterocycles. The van der Waals surface area contributed by atoms with Gasteiger partial charge in [-0.2, -0.15) is 16.4 Å². The Kier molecular flexibility index (Phi) is 4.29. The molecular formula is C21H17BrN2O3S. The van der Waals surface area contributed by atoms with Crippen molar-refractivity contribution < 1.29 is 14.6 Å². The minimum Gasteiger partial charge on any atom is -0.507 e. The number of benzene rings is 2. The fraction of sp³-hybridized carbons (Fsp3) is 0.190. The normalized spacial score (nSPS) is 20.2. The van der Waals surface area contributed by atoms with Gasteiger partial charge < -0.3 is 14.6 Å². The molecule has 0 radical (unpaired) electrons. The van der Waals surface area contributed by atoms with Gasteiger partial charge in [-0.1, -0.05) is 15.9 Å². The number of phenols is 1. The second-order valence-electron chi connectivity index (χ2n) is 6.74. The summed E-state index contributed by atoms with van der Waals surface area (Å²) >= 11 is 5.20. The monoisotopic (exact) mass is 456 g/mol. The fourth-order valence-electron chi connectivity index (χ4n) is 3.73. The average molecular weight is 457 g/mol. The van der Waals surface area contributed by atoms with Gasteiger partial charge in [0.25, 0.3) is 0 Å². The topological polar surface area (TPSA) is 54.3 Å². The van der Waals surface area contributed by atoms with Crippen LogP contribution in [0.15, 0.2) is 62.8 Å². The molecule has 0 unspecified atom stereocenters. The Balaban J connectivity index is 1.61. The van der Waals surface area contributed by atoms with Gasteiger partial charge in [0.05, 0.1) is 18.9 Å². The number of rotatable bonds is 3. The van der Waals surface area contributed by atoms with Gasteiger partial charge in [-0.3, -0.25) is 0 Å². The molecule has 7 heteroatoms. The van der Waals surface area contributed by atoms with Gasteiger partial charge in [-0.15, -0.1) is 0 Å². The number of fused-ring (bicyclic) bond motifs is 3. The fourth-order valence-corrected chi connectivity index (χ4v) is 4.77. The van der Waals surface area contributed by atoms with Crippen LogP contribution in [-0.2, 0) is 0 Å². The van der Waals surface area contributed by atoms with Crippen LogP contribution in [0.25, 0.3) is 0 Å². The molecule has 0 bridgehead atoms. The van der Waals surface area contributed by atoms with E-state index in [4.69, 9.17) is 14.6 Å². The molecule has 3 aromatic rings. The minimum atomic E-state index is -0.296. The molecule has 1 N–H and O–H groups in total. The number of thiophene rings is 1. The highest BCUT2D eigenvalue weighted by molar-refractivity contribution is 9.10. The van der Waals surface area contributed by atoms with E-state index in [1.54, 1.807) is 30.6 Å². The van der Waals surface area contributed by atoms with Gasteiger partial charge >= 0.3 is 0 Å². The van der Waals surface area contributed by atoms with Crippen LogP contribution in [-0.4, -0.2) is 22.9 Å². The number of nitrogens with zero attached hydrogens (tertiary/aromatic N) is 2. The first-order valence-electron chi connectivity index (χ1n) is 8.85. The summed E-state index contributed by atoms with van der Waals surface area (Å²) in [5, 5.41) is 21.4. The summed E-state index contributed by atoms with van der Waals surface area (Å²) in [5.74, 6) is 1.75. The van der Waals surface area contributed by atoms with Crippen LogP contribution in [0.3, 0.4) is 0 Å². The lowest BCUT2D eigenvalue weighted by molar-refractivity contribution is -0.0188. The standard InChI is InChI=1S/C21H17BrN2O3S/c1-26-14-3-4-19(25)15(9-14)17-10-18-16-8-13(22)2-5-20(16)27-21(24(18)23-17)12-6-7-28-11-12/h2-9,11,18,21,25H,10H2,1H3/t18-,21+/m1/s1. The molecule has 2 aromatic carbocycles. The summed E-state index contributed by atoms with van der Waals surface area (Å²) in [6.45, 7) is 0. The summed E-state index contributed by atoms with van der Waals surface area (Å²) in [7, 11) is 1.62. The van der Waals surface area contributed by atoms with Gasteiger partial charge in [0.1, 0.15) is 17.2 Å². The molecular weight excluding hydrogens is 440 g/mol. The predicted molar refractivity (Wildman–Crippen MR) is 112 cm³/mol. The molecule has 0 saturated heterocycles. The highest BCUT2D eigenvalue weighted by atomic mass is 79.9. The number of hydrogen-bond acceptors (Lipinski definition) is 6. The Labute approximate surface area is 175 Å². The molecule has 0 spiro atoms. The van der Waals surface area contributed by atoms with Gasteiger partial charge in [0.15, 0.2) is 0 Å². The van der Waals surface area contributed by atoms with E-state index in [0.717, 1.165) is 27.1 Å². The van der Waals surface area contributed by atoms with Crippen molar-refractivity contribution in [1.82, 2.24) is 5.01 Å². The lowest BCUT2D eigenvalue weighted by atomic mass is 9.95. The Morgan fingerprint density at radius 1 is 1.25 bits per heavy atom. The first-order valence-corrected chi connectivity index (χ1v) is 10.6. The third-order valence-electron chi connectivity index (χ3n) is 5.09. The van der Waals surface area contributed by atoms with E-state index in [1.807, 2.05) is 28.6 Å². The van der Waals surface area contributed by atoms with Gasteiger partial charge in [-0.25, -0.2) is 5.01 Å². The van der Waals surface area contributed by atoms with Crippen LogP contribution < -0.4 is 9.47 Å². The number of hydrogen-bond donors (Lipinski definition) is 1. The number of phenolic OH excluding ortho intramolecular Hbond substituents is 1. The van der Waals surface area contributed by atoms with Crippen LogP contribution in [0.5, 0.6) is 17.2 Å². The lowest BCUT2D eigenvalue weighted by Gasteiger charge is -2.37. The summed E-state index contributed by atoms with van der Waals surface area (Å²) in [6, 6.07) is 13.4. The largest absolute Gasteiger partial charge is 0.507 e. The maximum Gasteiger partial charge on any atom is 0.214 e. The first kappa shape index (κ1) is 17.6. The van der Waals surface area contributed by atoms with E-state index in [-0.39, 0.29) is 18.0 Å². The molecule has 2 atom stereocenters. The van der Waals surface area contributed by atoms with Crippen LogP contribution >= 0.6 is 27.3 Å². The molecule has 0 aliphatic carbocycles. The van der Waals surface area contributed by atoms with Crippen molar-refractivity contribution in [3.05, 3.63) is 74.4 Å². The maximum atomic E-state index is 10.4. The molecule has 28 heavy (non-hydrogen) atoms. The van der Waals surface area contributed by atoms with Crippen molar-refractivity contribution in [3.8, 4) is 17.2 Å². The smallest absolute Gasteiger partial charge is 0.214 e. The zero-order chi connectivity index (χ0) is 19.3. The molecule has 0 saturated carbocycles. The van der Waals surface area contributed by atoms with Crippen molar-refractivity contribution in [2.24, 2.45) is 5.10 Å². The van der Waals surface area contributed by atoms with E-state index in [0.29, 0.717) is 17.7 Å². The Bertz CT molecular complexity index is 1070. The first-order chi connectivity index (χ1) is 13.6. The summed E-state index contributed by atoms with van der Waals surface area (Å²) in [4.78, 5) is 0. The van der Waals surface area contributed by atoms with Crippen molar-refractivity contribution in [2.75, 3.05) is 7.11 Å². The van der Waals surface area contributed by atoms with Crippen LogP contribution in [0.1, 0.15) is 35.4 Å². The molecule has 0 fully saturated rings. The van der Waals surface area contributed by atoms with Gasteiger partial charge in [-0.05, 0) is 53.2 Å². The van der Waals surface area contributed by atoms with Gasteiger partial charge in [0.2, 0.25) is 6.23 Å². The molecule has 142 valence electrons. The predicted octanol–water partition coefficient (Wildman–Crippen LogP) is 5.47. The molecule has 1 aromatic heterocycles. The van der Waals surface area contributed by atoms with E-state index >= 15 is 0 Å². The Morgan fingerprint density at radius 3 is 2.93 bits per heavy atom. The highest BCUT2D eigenvalue weighted by Crippen LogP contribution is 2.49. The van der Waals surface area contributed by atoms with E-state index < -0.39 is 0 Å². The second kappa shape index (κ2) is 6.83. The molecule has 2 aliphatic rings. The third-order valence-corrected chi connectivity index (χ3v) is 6.29. The molecule has 3 heterocycles. The zero-order valence-electron chi connectivity index (χ0n) is 15.0. The van der Waals surface area contributed by atoms with E-state index in [9.17, 15) is 5.11 Å². The Morgan fingerprint density at radius 2 is 2.14 bits per heavy atom. The van der Waals surface area contributed by atoms with Crippen LogP contribution in [0.2, 0.25) is 0 Å². The zero-order valence-corrected chi connectivity index (χ0v) is 17.4. The maximum absolute atomic E-state index is 10.4. The number of ether oxygens (including phenoxy) is 2. The number of methoxy groups -OCH3 is 1. The minimum absolute atomic E-state index is 0.0340. The average Bonchev–Trinajstić information content (AvgIpc) is 3.38. The number of halogens is 1. The SMILES string of the molecule is COc1ccc(O)c(C2=NN3[C@H](C2)c2cc(Br)ccc2O[C@H]3c2ccsc2)c1. The molecule has 0 amide bonds. The number of aromatic hydroxyl groups is 1. The van der Waals surface area contributed by atoms with Crippen LogP contribution in [0.4, 0.5) is 0 Å². The summed E-state index contributed by atoms with van der Waals surface area (Å²) in [6.07, 6.45) is 0.379. The lowest BCUT2D eigenvalue weighted by Crippen LogP contribution is -2.33. The van der Waals surface area contributed by atoms with Crippen molar-refractivity contribution >= 4 is 33.0 Å². The summed E-state index contributed by atoms with van der Waals surface area (Å²) in [5.41, 5.74) is 3.66. The molecule has 5 rings (SSSR count). The Hall–Kier alpha value is -2.51. The van der Waals surface area contributed by atoms with Crippen molar-refractivity contribution in [3.63, 3.8) is 0 Å². The summed E-state index contributed by atoms with van der Waals surface area (Å²) < 4.78 is 12.7. The quantitative estimate of drug-likeness (QED) is 0.567. The van der Waals surface area contributed by atoms with Crippen LogP contribution in [0, 0.1) is 0 Å². The highest BCUT2D eigenvalue weighted by Gasteiger charge is 2.41. The van der Waals surface area contributed by atoms with Crippen molar-refractivity contribution in [1.29, 1.82) is 0 Å². The molecule has 5 nitrogen and oxygen atoms in total. The van der Waals surface area contributed by atoms with E-state index in [2.05, 4.69) is 33.4 Å².